The summed E-state index contributed by atoms with van der Waals surface area (Å²) in [6.45, 7) is 1.65. The molecule has 0 bridgehead atoms. The zero-order chi connectivity index (χ0) is 17.0. The number of rotatable bonds is 8. The topological polar surface area (TPSA) is 72.8 Å². The summed E-state index contributed by atoms with van der Waals surface area (Å²) in [5.41, 5.74) is -0.817. The quantitative estimate of drug-likeness (QED) is 0.538. The van der Waals surface area contributed by atoms with E-state index in [1.54, 1.807) is 13.0 Å². The minimum atomic E-state index is -3.44. The van der Waals surface area contributed by atoms with Gasteiger partial charge >= 0.3 is 0 Å². The van der Waals surface area contributed by atoms with E-state index in [4.69, 9.17) is 4.74 Å². The minimum Gasteiger partial charge on any atom is -0.492 e. The highest BCUT2D eigenvalue weighted by molar-refractivity contribution is 9.10. The molecular formula is C14H20BrFO5S. The lowest BCUT2D eigenvalue weighted by atomic mass is 9.90. The molecule has 0 saturated heterocycles. The number of methoxy groups -OCH3 is 1. The number of aliphatic hydroxyl groups is 1. The van der Waals surface area contributed by atoms with Crippen molar-refractivity contribution in [2.75, 3.05) is 20.0 Å². The summed E-state index contributed by atoms with van der Waals surface area (Å²) in [5, 5.41) is 10.5. The van der Waals surface area contributed by atoms with Gasteiger partial charge in [-0.15, -0.1) is 0 Å². The molecule has 5 nitrogen and oxygen atoms in total. The van der Waals surface area contributed by atoms with Gasteiger partial charge in [-0.25, -0.2) is 4.39 Å². The van der Waals surface area contributed by atoms with Crippen LogP contribution in [0.25, 0.3) is 0 Å². The van der Waals surface area contributed by atoms with Crippen LogP contribution in [0.4, 0.5) is 4.39 Å². The molecule has 22 heavy (non-hydrogen) atoms. The number of unbranched alkanes of at least 4 members (excludes halogenated alkanes) is 1. The molecule has 1 rings (SSSR count). The fourth-order valence-electron chi connectivity index (χ4n) is 1.99. The molecule has 1 aromatic carbocycles. The summed E-state index contributed by atoms with van der Waals surface area (Å²) >= 11 is 3.20. The van der Waals surface area contributed by atoms with Gasteiger partial charge in [-0.3, -0.25) is 4.18 Å². The van der Waals surface area contributed by atoms with Crippen LogP contribution in [0.5, 0.6) is 5.75 Å². The molecule has 0 spiro atoms. The Labute approximate surface area is 138 Å². The summed E-state index contributed by atoms with van der Waals surface area (Å²) in [6, 6.07) is 2.84. The fraction of sp³-hybridized carbons (Fsp3) is 0.571. The average molecular weight is 399 g/mol. The zero-order valence-corrected chi connectivity index (χ0v) is 15.1. The molecule has 0 aliphatic rings. The minimum absolute atomic E-state index is 0.0651. The van der Waals surface area contributed by atoms with Crippen molar-refractivity contribution >= 4 is 26.0 Å². The largest absolute Gasteiger partial charge is 0.492 e. The van der Waals surface area contributed by atoms with Gasteiger partial charge in [0.05, 0.1) is 30.0 Å². The Morgan fingerprint density at radius 2 is 2.00 bits per heavy atom. The van der Waals surface area contributed by atoms with Crippen LogP contribution >= 0.6 is 15.9 Å². The van der Waals surface area contributed by atoms with Crippen molar-refractivity contribution in [2.24, 2.45) is 0 Å². The second-order valence-corrected chi connectivity index (χ2v) is 7.73. The Bertz CT molecular complexity index is 593. The lowest BCUT2D eigenvalue weighted by Crippen LogP contribution is -2.21. The van der Waals surface area contributed by atoms with E-state index in [0.29, 0.717) is 29.3 Å². The molecule has 0 heterocycles. The molecule has 1 unspecified atom stereocenters. The molecule has 0 fully saturated rings. The smallest absolute Gasteiger partial charge is 0.264 e. The van der Waals surface area contributed by atoms with Gasteiger partial charge in [0, 0.05) is 0 Å². The molecule has 1 atom stereocenters. The number of hydrogen-bond donors (Lipinski definition) is 1. The van der Waals surface area contributed by atoms with Crippen molar-refractivity contribution < 1.29 is 26.8 Å². The van der Waals surface area contributed by atoms with Crippen molar-refractivity contribution in [2.45, 2.75) is 31.8 Å². The third kappa shape index (κ3) is 5.83. The average Bonchev–Trinajstić information content (AvgIpc) is 2.36. The summed E-state index contributed by atoms with van der Waals surface area (Å²) < 4.78 is 45.5. The van der Waals surface area contributed by atoms with E-state index in [-0.39, 0.29) is 12.4 Å². The van der Waals surface area contributed by atoms with Crippen LogP contribution in [0, 0.1) is 5.82 Å². The van der Waals surface area contributed by atoms with E-state index in [0.717, 1.165) is 6.26 Å². The summed E-state index contributed by atoms with van der Waals surface area (Å²) in [6.07, 6.45) is 2.34. The lowest BCUT2D eigenvalue weighted by molar-refractivity contribution is 0.0436. The Balaban J connectivity index is 2.66. The third-order valence-corrected chi connectivity index (χ3v) is 4.36. The first-order valence-corrected chi connectivity index (χ1v) is 9.28. The Morgan fingerprint density at radius 1 is 1.36 bits per heavy atom. The molecule has 0 radical (unpaired) electrons. The van der Waals surface area contributed by atoms with Gasteiger partial charge in [-0.2, -0.15) is 8.42 Å². The SMILES string of the molecule is COc1c(F)cc(C(C)(O)CCCCOS(C)(=O)=O)cc1Br. The predicted molar refractivity (Wildman–Crippen MR) is 84.9 cm³/mol. The molecule has 8 heteroatoms. The van der Waals surface area contributed by atoms with Crippen molar-refractivity contribution in [1.29, 1.82) is 0 Å². The van der Waals surface area contributed by atoms with E-state index < -0.39 is 21.5 Å². The van der Waals surface area contributed by atoms with Gasteiger partial charge in [-0.05, 0) is 59.8 Å². The molecule has 0 aliphatic heterocycles. The first-order valence-electron chi connectivity index (χ1n) is 6.67. The molecule has 0 aliphatic carbocycles. The lowest BCUT2D eigenvalue weighted by Gasteiger charge is -2.24. The van der Waals surface area contributed by atoms with E-state index in [9.17, 15) is 17.9 Å². The third-order valence-electron chi connectivity index (χ3n) is 3.18. The van der Waals surface area contributed by atoms with Crippen LogP contribution in [0.3, 0.4) is 0 Å². The van der Waals surface area contributed by atoms with E-state index in [1.807, 2.05) is 0 Å². The Hall–Kier alpha value is -0.700. The maximum Gasteiger partial charge on any atom is 0.264 e. The first-order chi connectivity index (χ1) is 10.1. The summed E-state index contributed by atoms with van der Waals surface area (Å²) in [7, 11) is -2.08. The van der Waals surface area contributed by atoms with Gasteiger partial charge in [0.2, 0.25) is 0 Å². The van der Waals surface area contributed by atoms with Crippen LogP contribution in [0.1, 0.15) is 31.7 Å². The standard InChI is InChI=1S/C14H20BrFO5S/c1-14(17,6-4-5-7-21-22(3,18)19)10-8-11(15)13(20-2)12(16)9-10/h8-9,17H,4-7H2,1-3H3. The molecule has 126 valence electrons. The van der Waals surface area contributed by atoms with Crippen LogP contribution in [0.15, 0.2) is 16.6 Å². The number of hydrogen-bond acceptors (Lipinski definition) is 5. The maximum atomic E-state index is 13.9. The number of ether oxygens (including phenoxy) is 1. The first kappa shape index (κ1) is 19.3. The van der Waals surface area contributed by atoms with Crippen LogP contribution in [-0.2, 0) is 19.9 Å². The van der Waals surface area contributed by atoms with Gasteiger partial charge in [-0.1, -0.05) is 0 Å². The number of benzene rings is 1. The normalized spacial score (nSPS) is 14.6. The van der Waals surface area contributed by atoms with E-state index >= 15 is 0 Å². The van der Waals surface area contributed by atoms with Gasteiger partial charge in [0.25, 0.3) is 10.1 Å². The van der Waals surface area contributed by atoms with Crippen LogP contribution in [0.2, 0.25) is 0 Å². The number of halogens is 2. The fourth-order valence-corrected chi connectivity index (χ4v) is 3.01. The maximum absolute atomic E-state index is 13.9. The Morgan fingerprint density at radius 3 is 2.50 bits per heavy atom. The van der Waals surface area contributed by atoms with E-state index in [1.165, 1.54) is 13.2 Å². The molecule has 1 N–H and O–H groups in total. The van der Waals surface area contributed by atoms with Crippen molar-refractivity contribution in [3.05, 3.63) is 28.0 Å². The van der Waals surface area contributed by atoms with Crippen molar-refractivity contribution in [3.63, 3.8) is 0 Å². The summed E-state index contributed by atoms with van der Waals surface area (Å²) in [4.78, 5) is 0. The predicted octanol–water partition coefficient (Wildman–Crippen LogP) is 2.95. The highest BCUT2D eigenvalue weighted by atomic mass is 79.9. The molecule has 0 saturated carbocycles. The molecule has 1 aromatic rings. The van der Waals surface area contributed by atoms with Crippen LogP contribution in [-0.4, -0.2) is 33.5 Å². The van der Waals surface area contributed by atoms with Crippen molar-refractivity contribution in [1.82, 2.24) is 0 Å². The molecule has 0 amide bonds. The monoisotopic (exact) mass is 398 g/mol. The van der Waals surface area contributed by atoms with Gasteiger partial charge in [0.1, 0.15) is 0 Å². The van der Waals surface area contributed by atoms with Gasteiger partial charge in [0.15, 0.2) is 11.6 Å². The van der Waals surface area contributed by atoms with Crippen LogP contribution < -0.4 is 4.74 Å². The second-order valence-electron chi connectivity index (χ2n) is 5.23. The molecule has 0 aromatic heterocycles. The Kier molecular flexibility index (Phi) is 6.79. The van der Waals surface area contributed by atoms with Crippen molar-refractivity contribution in [3.8, 4) is 5.75 Å². The highest BCUT2D eigenvalue weighted by Crippen LogP contribution is 2.35. The second kappa shape index (κ2) is 7.72. The molecular weight excluding hydrogens is 379 g/mol. The highest BCUT2D eigenvalue weighted by Gasteiger charge is 2.25. The zero-order valence-electron chi connectivity index (χ0n) is 12.7. The van der Waals surface area contributed by atoms with E-state index in [2.05, 4.69) is 20.1 Å². The summed E-state index contributed by atoms with van der Waals surface area (Å²) in [5.74, 6) is -0.478. The van der Waals surface area contributed by atoms with Gasteiger partial charge < -0.3 is 9.84 Å².